The van der Waals surface area contributed by atoms with Gasteiger partial charge in [0.15, 0.2) is 0 Å². The summed E-state index contributed by atoms with van der Waals surface area (Å²) in [6, 6.07) is 10.3. The number of hydrazine groups is 1. The number of likely N-dealkylation sites (N-methyl/N-ethyl adjacent to an activating group) is 1. The number of hydrogen-bond acceptors (Lipinski definition) is 8. The first-order chi connectivity index (χ1) is 19.9. The summed E-state index contributed by atoms with van der Waals surface area (Å²) in [6.07, 6.45) is 2.35. The smallest absolute Gasteiger partial charge is 0.233 e. The number of carbonyl (C=O) groups excluding carboxylic acids is 1. The third-order valence-corrected chi connectivity index (χ3v) is 7.51. The maximum Gasteiger partial charge on any atom is 0.233 e. The Balaban J connectivity index is 0.00000141. The van der Waals surface area contributed by atoms with Gasteiger partial charge in [0.2, 0.25) is 11.9 Å². The fourth-order valence-electron chi connectivity index (χ4n) is 4.07. The highest BCUT2D eigenvalue weighted by Gasteiger charge is 2.15. The molecule has 1 atom stereocenters. The first-order valence-corrected chi connectivity index (χ1v) is 15.9. The van der Waals surface area contributed by atoms with Crippen molar-refractivity contribution in [2.75, 3.05) is 51.6 Å². The zero-order valence-corrected chi connectivity index (χ0v) is 27.1. The summed E-state index contributed by atoms with van der Waals surface area (Å²) in [5.41, 5.74) is 8.11. The van der Waals surface area contributed by atoms with E-state index >= 15 is 0 Å². The van der Waals surface area contributed by atoms with Crippen LogP contribution in [0.25, 0.3) is 0 Å². The predicted molar refractivity (Wildman–Crippen MR) is 172 cm³/mol. The molecule has 0 aliphatic carbocycles. The van der Waals surface area contributed by atoms with Crippen molar-refractivity contribution in [3.63, 3.8) is 0 Å². The highest BCUT2D eigenvalue weighted by atomic mass is 32.2. The van der Waals surface area contributed by atoms with Crippen molar-refractivity contribution in [2.24, 2.45) is 17.0 Å². The molecule has 41 heavy (non-hydrogen) atoms. The summed E-state index contributed by atoms with van der Waals surface area (Å²) in [5, 5.41) is 3.72. The van der Waals surface area contributed by atoms with Crippen molar-refractivity contribution in [1.82, 2.24) is 30.2 Å². The Bertz CT molecular complexity index is 1150. The van der Waals surface area contributed by atoms with Crippen LogP contribution >= 0.6 is 11.8 Å². The quantitative estimate of drug-likeness (QED) is 0.394. The van der Waals surface area contributed by atoms with E-state index in [0.29, 0.717) is 18.4 Å². The molecule has 3 heterocycles. The Hall–Kier alpha value is -2.73. The molecule has 0 bridgehead atoms. The number of anilines is 1. The minimum absolute atomic E-state index is 0.00409. The molecule has 1 amide bonds. The maximum atomic E-state index is 11.7. The zero-order valence-electron chi connectivity index (χ0n) is 26.3. The standard InChI is InChI=1S/C26H39N9OS.2C2H6/c1-5-24(36)28-20-7-9-21(10-8-20)37-25-18-23(27-12-13-35-16-14-33(3)15-17-35)34(4)26(30-25)29-22-11-6-19(2)31-32-22;2*1-2/h7-10,18-19,31H,5-6,11-17H2,1-4H3,(H,28,36)(H,29,30,32);2*1-2H3. The third-order valence-electron chi connectivity index (χ3n) is 6.59. The van der Waals surface area contributed by atoms with Gasteiger partial charge in [-0.25, -0.2) is 10.4 Å². The molecule has 0 radical (unpaired) electrons. The molecule has 11 heteroatoms. The van der Waals surface area contributed by atoms with E-state index in [0.717, 1.165) is 79.0 Å². The summed E-state index contributed by atoms with van der Waals surface area (Å²) in [4.78, 5) is 32.2. The van der Waals surface area contributed by atoms with Gasteiger partial charge in [0.05, 0.1) is 6.54 Å². The normalized spacial score (nSPS) is 19.0. The lowest BCUT2D eigenvalue weighted by Crippen LogP contribution is -2.47. The minimum Gasteiger partial charge on any atom is -0.326 e. The number of aliphatic imine (C=N–C) groups is 1. The van der Waals surface area contributed by atoms with E-state index in [4.69, 9.17) is 15.0 Å². The van der Waals surface area contributed by atoms with Crippen molar-refractivity contribution in [2.45, 2.75) is 76.8 Å². The molecule has 4 rings (SSSR count). The molecular formula is C30H51N9OS. The number of nitrogens with zero attached hydrogens (tertiary/aromatic N) is 6. The van der Waals surface area contributed by atoms with E-state index in [-0.39, 0.29) is 5.91 Å². The number of nitrogens with one attached hydrogen (secondary N) is 3. The second-order valence-corrected chi connectivity index (χ2v) is 10.7. The Morgan fingerprint density at radius 1 is 1.10 bits per heavy atom. The monoisotopic (exact) mass is 585 g/mol. The maximum absolute atomic E-state index is 11.7. The van der Waals surface area contributed by atoms with Crippen LogP contribution in [0.5, 0.6) is 0 Å². The average molecular weight is 586 g/mol. The molecule has 2 aromatic rings. The molecule has 2 aliphatic heterocycles. The molecule has 0 spiro atoms. The van der Waals surface area contributed by atoms with Gasteiger partial charge in [-0.2, -0.15) is 4.99 Å². The second-order valence-electron chi connectivity index (χ2n) is 9.63. The lowest BCUT2D eigenvalue weighted by molar-refractivity contribution is -0.115. The van der Waals surface area contributed by atoms with E-state index in [9.17, 15) is 4.79 Å². The molecule has 10 nitrogen and oxygen atoms in total. The molecule has 1 aromatic heterocycles. The van der Waals surface area contributed by atoms with E-state index < -0.39 is 0 Å². The lowest BCUT2D eigenvalue weighted by Gasteiger charge is -2.31. The van der Waals surface area contributed by atoms with Gasteiger partial charge < -0.3 is 15.6 Å². The molecule has 2 saturated heterocycles. The number of hydrogen-bond donors (Lipinski definition) is 3. The summed E-state index contributed by atoms with van der Waals surface area (Å²) in [6.45, 7) is 18.0. The Morgan fingerprint density at radius 2 is 1.78 bits per heavy atom. The number of amidine groups is 1. The Morgan fingerprint density at radius 3 is 2.39 bits per heavy atom. The molecule has 0 saturated carbocycles. The summed E-state index contributed by atoms with van der Waals surface area (Å²) < 4.78 is 1.96. The number of carbonyl (C=O) groups is 1. The van der Waals surface area contributed by atoms with Crippen LogP contribution in [-0.2, 0) is 11.8 Å². The van der Waals surface area contributed by atoms with Crippen molar-refractivity contribution >= 4 is 35.1 Å². The molecular weight excluding hydrogens is 534 g/mol. The van der Waals surface area contributed by atoms with Gasteiger partial charge >= 0.3 is 0 Å². The Labute approximate surface area is 251 Å². The van der Waals surface area contributed by atoms with Gasteiger partial charge in [-0.3, -0.25) is 19.3 Å². The highest BCUT2D eigenvalue weighted by molar-refractivity contribution is 7.99. The Kier molecular flexibility index (Phi) is 15.7. The largest absolute Gasteiger partial charge is 0.326 e. The van der Waals surface area contributed by atoms with E-state index in [2.05, 4.69) is 39.9 Å². The van der Waals surface area contributed by atoms with Crippen molar-refractivity contribution in [3.05, 3.63) is 35.8 Å². The van der Waals surface area contributed by atoms with Gasteiger partial charge in [0.25, 0.3) is 0 Å². The molecule has 1 aromatic carbocycles. The summed E-state index contributed by atoms with van der Waals surface area (Å²) >= 11 is 1.56. The summed E-state index contributed by atoms with van der Waals surface area (Å²) in [7, 11) is 4.15. The zero-order chi connectivity index (χ0) is 30.2. The fourth-order valence-corrected chi connectivity index (χ4v) is 4.88. The molecule has 2 aliphatic rings. The molecule has 228 valence electrons. The third kappa shape index (κ3) is 11.6. The molecule has 2 fully saturated rings. The SMILES string of the molecule is CC.CC.CCC(=O)Nc1ccc(Sc2cc(=NCCN3CCN(C)CC3)n(C)c(/N=C3\CCC(C)NN3)n2)cc1. The number of aromatic nitrogens is 2. The van der Waals surface area contributed by atoms with E-state index in [1.165, 1.54) is 0 Å². The highest BCUT2D eigenvalue weighted by Crippen LogP contribution is 2.27. The number of piperazine rings is 1. The van der Waals surface area contributed by atoms with Crippen LogP contribution < -0.4 is 21.7 Å². The first kappa shape index (κ1) is 34.5. The van der Waals surface area contributed by atoms with Crippen molar-refractivity contribution in [1.29, 1.82) is 0 Å². The van der Waals surface area contributed by atoms with Crippen LogP contribution in [0.4, 0.5) is 11.6 Å². The van der Waals surface area contributed by atoms with Crippen LogP contribution in [0.2, 0.25) is 0 Å². The summed E-state index contributed by atoms with van der Waals surface area (Å²) in [5.74, 6) is 1.50. The number of benzene rings is 1. The lowest BCUT2D eigenvalue weighted by atomic mass is 10.1. The fraction of sp³-hybridized carbons (Fsp3) is 0.600. The van der Waals surface area contributed by atoms with Crippen LogP contribution in [0.15, 0.2) is 50.2 Å². The van der Waals surface area contributed by atoms with E-state index in [1.807, 2.05) is 76.6 Å². The van der Waals surface area contributed by atoms with Crippen LogP contribution in [0, 0.1) is 0 Å². The van der Waals surface area contributed by atoms with Crippen LogP contribution in [0.1, 0.15) is 60.8 Å². The van der Waals surface area contributed by atoms with Gasteiger partial charge in [0.1, 0.15) is 16.3 Å². The first-order valence-electron chi connectivity index (χ1n) is 15.1. The van der Waals surface area contributed by atoms with Gasteiger partial charge in [-0.15, -0.1) is 0 Å². The molecule has 1 unspecified atom stereocenters. The number of rotatable bonds is 8. The topological polar surface area (TPSA) is 102 Å². The van der Waals surface area contributed by atoms with E-state index in [1.54, 1.807) is 11.8 Å². The van der Waals surface area contributed by atoms with Crippen molar-refractivity contribution < 1.29 is 4.79 Å². The minimum atomic E-state index is 0.00409. The van der Waals surface area contributed by atoms with Gasteiger partial charge in [-0.1, -0.05) is 46.4 Å². The van der Waals surface area contributed by atoms with Crippen molar-refractivity contribution in [3.8, 4) is 0 Å². The second kappa shape index (κ2) is 18.7. The van der Waals surface area contributed by atoms with Gasteiger partial charge in [-0.05, 0) is 44.7 Å². The van der Waals surface area contributed by atoms with Crippen LogP contribution in [-0.4, -0.2) is 83.5 Å². The number of amides is 1. The molecule has 3 N–H and O–H groups in total. The average Bonchev–Trinajstić information content (AvgIpc) is 3.00. The van der Waals surface area contributed by atoms with Crippen LogP contribution in [0.3, 0.4) is 0 Å². The van der Waals surface area contributed by atoms with Gasteiger partial charge in [0, 0.05) is 75.3 Å². The predicted octanol–water partition coefficient (Wildman–Crippen LogP) is 4.43.